The molecule has 1 saturated heterocycles. The Bertz CT molecular complexity index is 1450. The molecule has 4 rings (SSSR count). The lowest BCUT2D eigenvalue weighted by atomic mass is 9.85. The van der Waals surface area contributed by atoms with Gasteiger partial charge in [0.05, 0.1) is 55.7 Å². The number of carbonyl (C=O) groups excluding carboxylic acids is 2. The van der Waals surface area contributed by atoms with E-state index in [0.29, 0.717) is 29.1 Å². The fourth-order valence-corrected chi connectivity index (χ4v) is 5.14. The third kappa shape index (κ3) is 10.2. The summed E-state index contributed by atoms with van der Waals surface area (Å²) in [5.74, 6) is -3.36. The van der Waals surface area contributed by atoms with Crippen LogP contribution in [0.5, 0.6) is 0 Å². The minimum atomic E-state index is -4.44. The SMILES string of the molecule is N[C@H](C(=O)Nc1cncc(F)c1CC[C@@H]1CN[C@H](COC(=O)CCC(F)(F)F)CO1)[C@H](c1ccc(F)cc1)c1cccc(Cl)c1. The van der Waals surface area contributed by atoms with Gasteiger partial charge in [-0.1, -0.05) is 35.9 Å². The van der Waals surface area contributed by atoms with Crippen LogP contribution >= 0.6 is 11.6 Å². The van der Waals surface area contributed by atoms with E-state index in [0.717, 1.165) is 6.20 Å². The van der Waals surface area contributed by atoms with Crippen LogP contribution in [0.2, 0.25) is 5.02 Å². The number of pyridine rings is 1. The lowest BCUT2D eigenvalue weighted by Crippen LogP contribution is -2.49. The molecule has 0 bridgehead atoms. The number of carbonyl (C=O) groups is 2. The number of amides is 1. The summed E-state index contributed by atoms with van der Waals surface area (Å²) in [6.07, 6.45) is -3.94. The molecule has 0 radical (unpaired) electrons. The molecule has 1 amide bonds. The van der Waals surface area contributed by atoms with Crippen LogP contribution in [0.15, 0.2) is 60.9 Å². The van der Waals surface area contributed by atoms with Crippen molar-refractivity contribution in [2.24, 2.45) is 5.73 Å². The van der Waals surface area contributed by atoms with Crippen molar-refractivity contribution in [3.8, 4) is 0 Å². The zero-order chi connectivity index (χ0) is 32.6. The van der Waals surface area contributed by atoms with Gasteiger partial charge in [-0.05, 0) is 48.2 Å². The predicted octanol–water partition coefficient (Wildman–Crippen LogP) is 5.29. The molecule has 0 saturated carbocycles. The molecule has 1 fully saturated rings. The number of nitrogens with one attached hydrogen (secondary N) is 2. The van der Waals surface area contributed by atoms with Crippen molar-refractivity contribution in [1.29, 1.82) is 0 Å². The molecule has 14 heteroatoms. The molecule has 2 heterocycles. The number of benzene rings is 2. The molecule has 242 valence electrons. The number of alkyl halides is 3. The van der Waals surface area contributed by atoms with Gasteiger partial charge in [0.15, 0.2) is 0 Å². The number of morpholine rings is 1. The van der Waals surface area contributed by atoms with Crippen molar-refractivity contribution in [2.75, 3.05) is 25.1 Å². The van der Waals surface area contributed by atoms with Crippen LogP contribution in [0.1, 0.15) is 41.9 Å². The molecule has 0 spiro atoms. The van der Waals surface area contributed by atoms with Gasteiger partial charge in [0.2, 0.25) is 5.91 Å². The summed E-state index contributed by atoms with van der Waals surface area (Å²) < 4.78 is 76.1. The van der Waals surface area contributed by atoms with Crippen LogP contribution in [-0.4, -0.2) is 61.0 Å². The van der Waals surface area contributed by atoms with E-state index >= 15 is 0 Å². The molecular weight excluding hydrogens is 623 g/mol. The van der Waals surface area contributed by atoms with E-state index in [1.807, 2.05) is 0 Å². The molecule has 45 heavy (non-hydrogen) atoms. The zero-order valence-electron chi connectivity index (χ0n) is 24.0. The third-order valence-corrected chi connectivity index (χ3v) is 7.54. The van der Waals surface area contributed by atoms with Crippen LogP contribution < -0.4 is 16.4 Å². The first-order chi connectivity index (χ1) is 21.4. The lowest BCUT2D eigenvalue weighted by Gasteiger charge is -2.30. The van der Waals surface area contributed by atoms with E-state index in [1.54, 1.807) is 24.3 Å². The molecule has 0 aliphatic carbocycles. The number of aromatic nitrogens is 1. The molecule has 4 atom stereocenters. The Hall–Kier alpha value is -3.65. The quantitative estimate of drug-likeness (QED) is 0.180. The van der Waals surface area contributed by atoms with E-state index in [-0.39, 0.29) is 37.0 Å². The van der Waals surface area contributed by atoms with E-state index in [1.165, 1.54) is 30.5 Å². The second-order valence-corrected chi connectivity index (χ2v) is 11.1. The standard InChI is InChI=1S/C31H32ClF5N4O4/c32-20-3-1-2-19(12-20)28(18-4-6-21(33)7-5-18)29(38)30(43)41-26-15-39-14-25(34)24(26)9-8-23-13-40-22(16-44-23)17-45-27(42)10-11-31(35,36)37/h1-7,12,14-15,22-23,28-29,40H,8-11,13,16-17,38H2,(H,41,43)/t22-,23+,28+,29-/m0/s1. The van der Waals surface area contributed by atoms with Crippen LogP contribution in [0.25, 0.3) is 0 Å². The highest BCUT2D eigenvalue weighted by molar-refractivity contribution is 6.30. The highest BCUT2D eigenvalue weighted by atomic mass is 35.5. The number of nitrogens with two attached hydrogens (primary N) is 1. The van der Waals surface area contributed by atoms with Crippen molar-refractivity contribution in [3.63, 3.8) is 0 Å². The molecule has 1 aromatic heterocycles. The van der Waals surface area contributed by atoms with Gasteiger partial charge in [0.25, 0.3) is 0 Å². The Kier molecular flexibility index (Phi) is 11.8. The Morgan fingerprint density at radius 2 is 1.89 bits per heavy atom. The van der Waals surface area contributed by atoms with Crippen LogP contribution in [0, 0.1) is 11.6 Å². The molecule has 4 N–H and O–H groups in total. The Morgan fingerprint density at radius 1 is 1.13 bits per heavy atom. The Balaban J connectivity index is 1.36. The number of rotatable bonds is 12. The second kappa shape index (κ2) is 15.6. The van der Waals surface area contributed by atoms with Crippen LogP contribution in [-0.2, 0) is 25.5 Å². The fraction of sp³-hybridized carbons (Fsp3) is 0.387. The maximum atomic E-state index is 14.9. The highest BCUT2D eigenvalue weighted by Crippen LogP contribution is 2.31. The summed E-state index contributed by atoms with van der Waals surface area (Å²) in [5.41, 5.74) is 7.99. The molecule has 1 aliphatic rings. The molecule has 3 aromatic rings. The van der Waals surface area contributed by atoms with E-state index < -0.39 is 60.5 Å². The summed E-state index contributed by atoms with van der Waals surface area (Å²) >= 11 is 6.19. The van der Waals surface area contributed by atoms with Crippen molar-refractivity contribution in [1.82, 2.24) is 10.3 Å². The number of esters is 1. The van der Waals surface area contributed by atoms with Gasteiger partial charge in [-0.15, -0.1) is 0 Å². The highest BCUT2D eigenvalue weighted by Gasteiger charge is 2.30. The maximum absolute atomic E-state index is 14.9. The average Bonchev–Trinajstić information content (AvgIpc) is 3.00. The van der Waals surface area contributed by atoms with E-state index in [4.69, 9.17) is 26.8 Å². The van der Waals surface area contributed by atoms with Gasteiger partial charge in [-0.25, -0.2) is 8.78 Å². The van der Waals surface area contributed by atoms with Crippen molar-refractivity contribution in [3.05, 3.63) is 94.3 Å². The maximum Gasteiger partial charge on any atom is 0.389 e. The smallest absolute Gasteiger partial charge is 0.389 e. The number of nitrogens with zero attached hydrogens (tertiary/aromatic N) is 1. The van der Waals surface area contributed by atoms with Crippen LogP contribution in [0.3, 0.4) is 0 Å². The summed E-state index contributed by atoms with van der Waals surface area (Å²) in [6.45, 7) is 0.304. The van der Waals surface area contributed by atoms with Crippen molar-refractivity contribution >= 4 is 29.2 Å². The number of hydrogen-bond donors (Lipinski definition) is 3. The average molecular weight is 655 g/mol. The normalized spacial score (nSPS) is 18.2. The van der Waals surface area contributed by atoms with Gasteiger partial charge in [-0.2, -0.15) is 13.2 Å². The largest absolute Gasteiger partial charge is 0.464 e. The first kappa shape index (κ1) is 34.2. The number of ether oxygens (including phenoxy) is 2. The first-order valence-electron chi connectivity index (χ1n) is 14.2. The lowest BCUT2D eigenvalue weighted by molar-refractivity contribution is -0.158. The topological polar surface area (TPSA) is 116 Å². The van der Waals surface area contributed by atoms with Crippen LogP contribution in [0.4, 0.5) is 27.6 Å². The van der Waals surface area contributed by atoms with E-state index in [9.17, 15) is 31.5 Å². The predicted molar refractivity (Wildman–Crippen MR) is 157 cm³/mol. The Labute approximate surface area is 261 Å². The van der Waals surface area contributed by atoms with Gasteiger partial charge in [0, 0.05) is 23.0 Å². The minimum Gasteiger partial charge on any atom is -0.464 e. The van der Waals surface area contributed by atoms with Gasteiger partial charge in [-0.3, -0.25) is 14.6 Å². The van der Waals surface area contributed by atoms with Gasteiger partial charge >= 0.3 is 12.1 Å². The monoisotopic (exact) mass is 654 g/mol. The minimum absolute atomic E-state index is 0.128. The molecule has 0 unspecified atom stereocenters. The summed E-state index contributed by atoms with van der Waals surface area (Å²) in [5, 5.41) is 6.23. The second-order valence-electron chi connectivity index (χ2n) is 10.6. The molecule has 2 aromatic carbocycles. The van der Waals surface area contributed by atoms with Gasteiger partial charge in [0.1, 0.15) is 18.2 Å². The zero-order valence-corrected chi connectivity index (χ0v) is 24.7. The summed E-state index contributed by atoms with van der Waals surface area (Å²) in [6, 6.07) is 10.8. The Morgan fingerprint density at radius 3 is 2.56 bits per heavy atom. The third-order valence-electron chi connectivity index (χ3n) is 7.30. The van der Waals surface area contributed by atoms with E-state index in [2.05, 4.69) is 15.6 Å². The number of hydrogen-bond acceptors (Lipinski definition) is 7. The molecule has 1 aliphatic heterocycles. The summed E-state index contributed by atoms with van der Waals surface area (Å²) in [7, 11) is 0. The van der Waals surface area contributed by atoms with Crippen molar-refractivity contribution in [2.45, 2.75) is 56.0 Å². The number of halogens is 6. The fourth-order valence-electron chi connectivity index (χ4n) is 4.94. The summed E-state index contributed by atoms with van der Waals surface area (Å²) in [4.78, 5) is 28.9. The molecule has 8 nitrogen and oxygen atoms in total. The van der Waals surface area contributed by atoms with Crippen molar-refractivity contribution < 1.29 is 41.0 Å². The first-order valence-corrected chi connectivity index (χ1v) is 14.5. The molecular formula is C31H32ClF5N4O4. The van der Waals surface area contributed by atoms with Gasteiger partial charge < -0.3 is 25.8 Å². The number of anilines is 1.